The summed E-state index contributed by atoms with van der Waals surface area (Å²) in [5.41, 5.74) is 1.22. The molecule has 0 aliphatic carbocycles. The summed E-state index contributed by atoms with van der Waals surface area (Å²) < 4.78 is 5.64. The summed E-state index contributed by atoms with van der Waals surface area (Å²) in [7, 11) is 0. The quantitative estimate of drug-likeness (QED) is 0.704. The number of amides is 1. The second kappa shape index (κ2) is 9.39. The van der Waals surface area contributed by atoms with Crippen LogP contribution in [0.25, 0.3) is 0 Å². The third-order valence-corrected chi connectivity index (χ3v) is 3.83. The van der Waals surface area contributed by atoms with E-state index in [-0.39, 0.29) is 11.0 Å². The van der Waals surface area contributed by atoms with Gasteiger partial charge in [-0.15, -0.1) is 0 Å². The molecule has 2 N–H and O–H groups in total. The van der Waals surface area contributed by atoms with Gasteiger partial charge in [-0.2, -0.15) is 0 Å². The van der Waals surface area contributed by atoms with E-state index >= 15 is 0 Å². The van der Waals surface area contributed by atoms with Gasteiger partial charge in [-0.1, -0.05) is 31.5 Å². The van der Waals surface area contributed by atoms with Crippen LogP contribution in [-0.2, 0) is 0 Å². The van der Waals surface area contributed by atoms with Crippen molar-refractivity contribution in [1.82, 2.24) is 5.32 Å². The Labute approximate surface area is 158 Å². The maximum atomic E-state index is 12.2. The van der Waals surface area contributed by atoms with E-state index < -0.39 is 0 Å². The van der Waals surface area contributed by atoms with Crippen LogP contribution in [0.3, 0.4) is 0 Å². The number of rotatable bonds is 6. The molecule has 2 rings (SSSR count). The summed E-state index contributed by atoms with van der Waals surface area (Å²) in [6.45, 7) is 4.96. The highest BCUT2D eigenvalue weighted by Gasteiger charge is 2.08. The van der Waals surface area contributed by atoms with Crippen molar-refractivity contribution in [2.24, 2.45) is 5.92 Å². The number of ether oxygens (including phenoxy) is 1. The van der Waals surface area contributed by atoms with E-state index in [9.17, 15) is 4.79 Å². The van der Waals surface area contributed by atoms with Crippen molar-refractivity contribution in [3.05, 3.63) is 59.1 Å². The number of carbonyl (C=O) groups excluding carboxylic acids is 1. The molecule has 0 saturated carbocycles. The minimum atomic E-state index is -0.284. The molecule has 0 radical (unpaired) electrons. The summed E-state index contributed by atoms with van der Waals surface area (Å²) >= 11 is 11.1. The number of halogens is 1. The van der Waals surface area contributed by atoms with Crippen LogP contribution in [-0.4, -0.2) is 17.6 Å². The number of benzene rings is 2. The number of anilines is 1. The molecule has 0 heterocycles. The van der Waals surface area contributed by atoms with Gasteiger partial charge >= 0.3 is 0 Å². The lowest BCUT2D eigenvalue weighted by Gasteiger charge is -2.11. The Morgan fingerprint density at radius 2 is 1.92 bits per heavy atom. The summed E-state index contributed by atoms with van der Waals surface area (Å²) in [5, 5.41) is 6.37. The highest BCUT2D eigenvalue weighted by atomic mass is 35.5. The molecule has 6 heteroatoms. The Morgan fingerprint density at radius 1 is 1.20 bits per heavy atom. The van der Waals surface area contributed by atoms with Crippen LogP contribution in [0.1, 0.15) is 30.6 Å². The van der Waals surface area contributed by atoms with E-state index in [1.807, 2.05) is 6.07 Å². The number of thiocarbonyl (C=S) groups is 1. The minimum absolute atomic E-state index is 0.213. The molecule has 0 aliphatic heterocycles. The van der Waals surface area contributed by atoms with Crippen molar-refractivity contribution in [1.29, 1.82) is 0 Å². The molecule has 0 fully saturated rings. The van der Waals surface area contributed by atoms with Crippen molar-refractivity contribution >= 4 is 40.5 Å². The lowest BCUT2D eigenvalue weighted by Crippen LogP contribution is -2.34. The Kier molecular flexibility index (Phi) is 7.22. The monoisotopic (exact) mass is 376 g/mol. The Hall–Kier alpha value is -2.11. The highest BCUT2D eigenvalue weighted by Crippen LogP contribution is 2.15. The maximum absolute atomic E-state index is 12.2. The minimum Gasteiger partial charge on any atom is -0.494 e. The number of carbonyl (C=O) groups is 1. The molecular formula is C19H21ClN2O2S. The van der Waals surface area contributed by atoms with Gasteiger partial charge in [-0.25, -0.2) is 0 Å². The average molecular weight is 377 g/mol. The zero-order valence-electron chi connectivity index (χ0n) is 14.2. The first kappa shape index (κ1) is 19.2. The first-order valence-electron chi connectivity index (χ1n) is 8.05. The van der Waals surface area contributed by atoms with Crippen molar-refractivity contribution in [3.8, 4) is 5.75 Å². The molecule has 25 heavy (non-hydrogen) atoms. The number of hydrogen-bond acceptors (Lipinski definition) is 3. The van der Waals surface area contributed by atoms with E-state index in [2.05, 4.69) is 24.5 Å². The van der Waals surface area contributed by atoms with Gasteiger partial charge in [0.1, 0.15) is 5.75 Å². The van der Waals surface area contributed by atoms with Crippen LogP contribution in [0, 0.1) is 5.92 Å². The Balaban J connectivity index is 1.86. The Morgan fingerprint density at radius 3 is 2.56 bits per heavy atom. The average Bonchev–Trinajstić information content (AvgIpc) is 2.55. The summed E-state index contributed by atoms with van der Waals surface area (Å²) in [4.78, 5) is 12.2. The van der Waals surface area contributed by atoms with E-state index in [1.54, 1.807) is 42.5 Å². The zero-order valence-corrected chi connectivity index (χ0v) is 15.8. The largest absolute Gasteiger partial charge is 0.494 e. The fraction of sp³-hybridized carbons (Fsp3) is 0.263. The molecule has 132 valence electrons. The second-order valence-corrected chi connectivity index (χ2v) is 6.82. The molecular weight excluding hydrogens is 356 g/mol. The normalized spacial score (nSPS) is 10.4. The maximum Gasteiger partial charge on any atom is 0.257 e. The third kappa shape index (κ3) is 6.72. The fourth-order valence-corrected chi connectivity index (χ4v) is 2.42. The first-order chi connectivity index (χ1) is 11.9. The summed E-state index contributed by atoms with van der Waals surface area (Å²) in [6.07, 6.45) is 0.992. The van der Waals surface area contributed by atoms with Gasteiger partial charge in [0, 0.05) is 16.3 Å². The summed E-state index contributed by atoms with van der Waals surface area (Å²) in [5.74, 6) is 1.06. The summed E-state index contributed by atoms with van der Waals surface area (Å²) in [6, 6.07) is 14.1. The second-order valence-electron chi connectivity index (χ2n) is 5.97. The molecule has 0 spiro atoms. The van der Waals surface area contributed by atoms with Crippen LogP contribution in [0.15, 0.2) is 48.5 Å². The molecule has 4 nitrogen and oxygen atoms in total. The van der Waals surface area contributed by atoms with Gasteiger partial charge < -0.3 is 10.1 Å². The molecule has 0 unspecified atom stereocenters. The van der Waals surface area contributed by atoms with Crippen molar-refractivity contribution in [3.63, 3.8) is 0 Å². The highest BCUT2D eigenvalue weighted by molar-refractivity contribution is 7.80. The molecule has 0 bridgehead atoms. The number of hydrogen-bond donors (Lipinski definition) is 2. The number of nitrogens with one attached hydrogen (secondary N) is 2. The van der Waals surface area contributed by atoms with Gasteiger partial charge in [0.25, 0.3) is 5.91 Å². The zero-order chi connectivity index (χ0) is 18.2. The fourth-order valence-electron chi connectivity index (χ4n) is 2.02. The van der Waals surface area contributed by atoms with Crippen LogP contribution in [0.2, 0.25) is 5.02 Å². The van der Waals surface area contributed by atoms with Gasteiger partial charge in [0.05, 0.1) is 6.61 Å². The van der Waals surface area contributed by atoms with Gasteiger partial charge in [0.15, 0.2) is 5.11 Å². The van der Waals surface area contributed by atoms with Crippen molar-refractivity contribution in [2.45, 2.75) is 20.3 Å². The lowest BCUT2D eigenvalue weighted by molar-refractivity contribution is 0.0977. The van der Waals surface area contributed by atoms with Gasteiger partial charge in [-0.3, -0.25) is 10.1 Å². The van der Waals surface area contributed by atoms with Crippen molar-refractivity contribution in [2.75, 3.05) is 11.9 Å². The standard InChI is InChI=1S/C19H21ClN2O2S/c1-13(2)10-11-24-17-8-6-14(7-9-17)18(23)22-19(25)21-16-5-3-4-15(20)12-16/h3-9,12-13H,10-11H2,1-2H3,(H2,21,22,23,25). The van der Waals surface area contributed by atoms with Crippen LogP contribution < -0.4 is 15.4 Å². The van der Waals surface area contributed by atoms with Crippen LogP contribution in [0.5, 0.6) is 5.75 Å². The van der Waals surface area contributed by atoms with Crippen LogP contribution >= 0.6 is 23.8 Å². The molecule has 0 aromatic heterocycles. The SMILES string of the molecule is CC(C)CCOc1ccc(C(=O)NC(=S)Nc2cccc(Cl)c2)cc1. The first-order valence-corrected chi connectivity index (χ1v) is 8.83. The Bertz CT molecular complexity index is 732. The topological polar surface area (TPSA) is 50.4 Å². The molecule has 2 aromatic rings. The predicted octanol–water partition coefficient (Wildman–Crippen LogP) is 4.89. The van der Waals surface area contributed by atoms with Gasteiger partial charge in [-0.05, 0) is 67.0 Å². The van der Waals surface area contributed by atoms with E-state index in [0.717, 1.165) is 12.2 Å². The molecule has 0 aliphatic rings. The van der Waals surface area contributed by atoms with Crippen LogP contribution in [0.4, 0.5) is 5.69 Å². The van der Waals surface area contributed by atoms with E-state index in [0.29, 0.717) is 28.8 Å². The molecule has 0 saturated heterocycles. The molecule has 1 amide bonds. The van der Waals surface area contributed by atoms with E-state index in [4.69, 9.17) is 28.6 Å². The lowest BCUT2D eigenvalue weighted by atomic mass is 10.1. The van der Waals surface area contributed by atoms with Gasteiger partial charge in [0.2, 0.25) is 0 Å². The van der Waals surface area contributed by atoms with E-state index in [1.165, 1.54) is 0 Å². The molecule has 0 atom stereocenters. The third-order valence-electron chi connectivity index (χ3n) is 3.39. The molecule has 2 aromatic carbocycles. The van der Waals surface area contributed by atoms with Crippen molar-refractivity contribution < 1.29 is 9.53 Å². The predicted molar refractivity (Wildman–Crippen MR) is 107 cm³/mol. The smallest absolute Gasteiger partial charge is 0.257 e.